The Labute approximate surface area is 157 Å². The van der Waals surface area contributed by atoms with Crippen LogP contribution in [-0.2, 0) is 10.0 Å². The summed E-state index contributed by atoms with van der Waals surface area (Å²) in [6.45, 7) is 3.37. The summed E-state index contributed by atoms with van der Waals surface area (Å²) in [5.41, 5.74) is 1.16. The molecule has 0 saturated heterocycles. The van der Waals surface area contributed by atoms with Crippen molar-refractivity contribution in [2.75, 3.05) is 5.32 Å². The van der Waals surface area contributed by atoms with E-state index in [4.69, 9.17) is 0 Å². The first-order valence-electron chi connectivity index (χ1n) is 8.69. The zero-order chi connectivity index (χ0) is 18.7. The minimum Gasteiger partial charge on any atom is -0.359 e. The van der Waals surface area contributed by atoms with Crippen LogP contribution in [0.1, 0.15) is 39.5 Å². The fraction of sp³-hybridized carbons (Fsp3) is 0.529. The number of nitrogens with zero attached hydrogens (tertiary/aromatic N) is 2. The molecule has 0 bridgehead atoms. The van der Waals surface area contributed by atoms with E-state index >= 15 is 0 Å². The smallest absolute Gasteiger partial charge is 0.214 e. The van der Waals surface area contributed by atoms with Crippen molar-refractivity contribution in [1.82, 2.24) is 14.7 Å². The van der Waals surface area contributed by atoms with Gasteiger partial charge in [-0.2, -0.15) is 4.39 Å². The molecule has 0 aliphatic heterocycles. The summed E-state index contributed by atoms with van der Waals surface area (Å²) in [5, 5.41) is 5.62. The lowest BCUT2D eigenvalue weighted by atomic mass is 9.92. The number of halogens is 1. The number of hydrogen-bond acceptors (Lipinski definition) is 6. The first kappa shape index (κ1) is 19.2. The predicted molar refractivity (Wildman–Crippen MR) is 102 cm³/mol. The largest absolute Gasteiger partial charge is 0.359 e. The Balaban J connectivity index is 1.54. The number of rotatable bonds is 6. The number of pyridine rings is 1. The molecule has 2 aromatic heterocycles. The third kappa shape index (κ3) is 4.77. The Kier molecular flexibility index (Phi) is 5.89. The van der Waals surface area contributed by atoms with Gasteiger partial charge in [-0.05, 0) is 51.7 Å². The summed E-state index contributed by atoms with van der Waals surface area (Å²) in [4.78, 5) is 8.33. The van der Waals surface area contributed by atoms with Crippen LogP contribution < -0.4 is 10.0 Å². The molecule has 0 spiro atoms. The molecule has 2 N–H and O–H groups in total. The van der Waals surface area contributed by atoms with Crippen LogP contribution in [0.2, 0.25) is 0 Å². The Morgan fingerprint density at radius 3 is 2.46 bits per heavy atom. The highest BCUT2D eigenvalue weighted by molar-refractivity contribution is 7.90. The standard InChI is InChI=1S/C17H23FN4O2S2/c1-11(2)26(23,24)22-13-8-6-12(7-9-13)19-17-21-15(10-25-17)14-4-3-5-16(18)20-14/h3-5,10-13,22H,6-9H2,1-2H3,(H,19,21). The Morgan fingerprint density at radius 1 is 1.12 bits per heavy atom. The van der Waals surface area contributed by atoms with E-state index < -0.39 is 21.2 Å². The molecule has 3 rings (SSSR count). The van der Waals surface area contributed by atoms with Crippen LogP contribution in [0.5, 0.6) is 0 Å². The van der Waals surface area contributed by atoms with Crippen LogP contribution in [0.25, 0.3) is 11.4 Å². The SMILES string of the molecule is CC(C)S(=O)(=O)NC1CCC(Nc2nc(-c3cccc(F)n3)cs2)CC1. The predicted octanol–water partition coefficient (Wildman–Crippen LogP) is 3.40. The van der Waals surface area contributed by atoms with Crippen molar-refractivity contribution in [2.24, 2.45) is 0 Å². The molecule has 9 heteroatoms. The van der Waals surface area contributed by atoms with Crippen molar-refractivity contribution in [3.63, 3.8) is 0 Å². The van der Waals surface area contributed by atoms with Gasteiger partial charge in [0, 0.05) is 17.5 Å². The van der Waals surface area contributed by atoms with Crippen LogP contribution >= 0.6 is 11.3 Å². The molecule has 2 heterocycles. The summed E-state index contributed by atoms with van der Waals surface area (Å²) >= 11 is 1.46. The third-order valence-corrected chi connectivity index (χ3v) is 7.16. The number of aromatic nitrogens is 2. The quantitative estimate of drug-likeness (QED) is 0.729. The first-order chi connectivity index (χ1) is 12.3. The molecule has 0 amide bonds. The second-order valence-electron chi connectivity index (χ2n) is 6.79. The fourth-order valence-electron chi connectivity index (χ4n) is 2.91. The van der Waals surface area contributed by atoms with E-state index in [1.807, 2.05) is 5.38 Å². The van der Waals surface area contributed by atoms with Crippen LogP contribution in [0, 0.1) is 5.95 Å². The van der Waals surface area contributed by atoms with Gasteiger partial charge >= 0.3 is 0 Å². The van der Waals surface area contributed by atoms with Gasteiger partial charge in [-0.25, -0.2) is 23.1 Å². The fourth-order valence-corrected chi connectivity index (χ4v) is 4.66. The Morgan fingerprint density at radius 2 is 1.81 bits per heavy atom. The molecule has 142 valence electrons. The summed E-state index contributed by atoms with van der Waals surface area (Å²) in [6.07, 6.45) is 3.34. The van der Waals surface area contributed by atoms with Gasteiger partial charge in [-0.15, -0.1) is 11.3 Å². The molecule has 0 aromatic carbocycles. The summed E-state index contributed by atoms with van der Waals surface area (Å²) in [6, 6.07) is 4.91. The minimum atomic E-state index is -3.22. The molecule has 26 heavy (non-hydrogen) atoms. The molecule has 1 aliphatic rings. The van der Waals surface area contributed by atoms with Gasteiger partial charge in [0.2, 0.25) is 16.0 Å². The molecular weight excluding hydrogens is 375 g/mol. The molecule has 1 aliphatic carbocycles. The van der Waals surface area contributed by atoms with Crippen molar-refractivity contribution < 1.29 is 12.8 Å². The van der Waals surface area contributed by atoms with Gasteiger partial charge in [-0.1, -0.05) is 6.07 Å². The summed E-state index contributed by atoms with van der Waals surface area (Å²) in [5.74, 6) is -0.521. The van der Waals surface area contributed by atoms with Crippen LogP contribution in [-0.4, -0.2) is 35.7 Å². The van der Waals surface area contributed by atoms with Crippen molar-refractivity contribution in [1.29, 1.82) is 0 Å². The average Bonchev–Trinajstić information content (AvgIpc) is 3.05. The van der Waals surface area contributed by atoms with Gasteiger partial charge in [0.05, 0.1) is 10.9 Å². The molecular formula is C17H23FN4O2S2. The van der Waals surface area contributed by atoms with E-state index in [2.05, 4.69) is 20.0 Å². The van der Waals surface area contributed by atoms with Crippen molar-refractivity contribution in [3.8, 4) is 11.4 Å². The lowest BCUT2D eigenvalue weighted by Crippen LogP contribution is -2.42. The van der Waals surface area contributed by atoms with E-state index in [0.29, 0.717) is 11.4 Å². The van der Waals surface area contributed by atoms with Gasteiger partial charge in [0.1, 0.15) is 5.69 Å². The number of sulfonamides is 1. The zero-order valence-corrected chi connectivity index (χ0v) is 16.4. The first-order valence-corrected chi connectivity index (χ1v) is 11.1. The molecule has 1 saturated carbocycles. The monoisotopic (exact) mass is 398 g/mol. The van der Waals surface area contributed by atoms with Gasteiger partial charge in [-0.3, -0.25) is 0 Å². The highest BCUT2D eigenvalue weighted by Crippen LogP contribution is 2.27. The maximum atomic E-state index is 13.2. The van der Waals surface area contributed by atoms with Gasteiger partial charge in [0.15, 0.2) is 5.13 Å². The highest BCUT2D eigenvalue weighted by atomic mass is 32.2. The van der Waals surface area contributed by atoms with E-state index in [0.717, 1.165) is 30.8 Å². The molecule has 0 unspecified atom stereocenters. The maximum Gasteiger partial charge on any atom is 0.214 e. The Bertz CT molecular complexity index is 846. The number of thiazole rings is 1. The number of anilines is 1. The van der Waals surface area contributed by atoms with E-state index in [-0.39, 0.29) is 12.1 Å². The zero-order valence-electron chi connectivity index (χ0n) is 14.8. The summed E-state index contributed by atoms with van der Waals surface area (Å²) < 4.78 is 40.0. The lowest BCUT2D eigenvalue weighted by molar-refractivity contribution is 0.386. The van der Waals surface area contributed by atoms with Crippen molar-refractivity contribution in [2.45, 2.75) is 56.9 Å². The molecule has 1 fully saturated rings. The lowest BCUT2D eigenvalue weighted by Gasteiger charge is -2.29. The average molecular weight is 399 g/mol. The highest BCUT2D eigenvalue weighted by Gasteiger charge is 2.26. The van der Waals surface area contributed by atoms with E-state index in [1.54, 1.807) is 26.0 Å². The normalized spacial score (nSPS) is 21.1. The van der Waals surface area contributed by atoms with Crippen molar-refractivity contribution in [3.05, 3.63) is 29.5 Å². The minimum absolute atomic E-state index is 0.00352. The maximum absolute atomic E-state index is 13.2. The van der Waals surface area contributed by atoms with Gasteiger partial charge in [0.25, 0.3) is 0 Å². The molecule has 2 aromatic rings. The van der Waals surface area contributed by atoms with Gasteiger partial charge < -0.3 is 5.32 Å². The number of hydrogen-bond donors (Lipinski definition) is 2. The van der Waals surface area contributed by atoms with Crippen LogP contribution in [0.15, 0.2) is 23.6 Å². The van der Waals surface area contributed by atoms with E-state index in [9.17, 15) is 12.8 Å². The molecule has 6 nitrogen and oxygen atoms in total. The number of nitrogens with one attached hydrogen (secondary N) is 2. The summed E-state index contributed by atoms with van der Waals surface area (Å²) in [7, 11) is -3.22. The Hall–Kier alpha value is -1.58. The second-order valence-corrected chi connectivity index (χ2v) is 9.91. The molecule has 0 atom stereocenters. The second kappa shape index (κ2) is 7.98. The van der Waals surface area contributed by atoms with E-state index in [1.165, 1.54) is 17.4 Å². The van der Waals surface area contributed by atoms with Crippen LogP contribution in [0.3, 0.4) is 0 Å². The topological polar surface area (TPSA) is 84.0 Å². The third-order valence-electron chi connectivity index (χ3n) is 4.49. The van der Waals surface area contributed by atoms with Crippen molar-refractivity contribution >= 4 is 26.5 Å². The van der Waals surface area contributed by atoms with Crippen LogP contribution in [0.4, 0.5) is 9.52 Å². The molecule has 0 radical (unpaired) electrons.